The van der Waals surface area contributed by atoms with Crippen molar-refractivity contribution in [3.8, 4) is 5.75 Å². The molecule has 2 heterocycles. The lowest BCUT2D eigenvalue weighted by Gasteiger charge is -2.44. The number of fused-ring (bicyclic) bond motifs is 1. The molecule has 1 aromatic carbocycles. The van der Waals surface area contributed by atoms with Crippen molar-refractivity contribution in [1.82, 2.24) is 25.1 Å². The van der Waals surface area contributed by atoms with Gasteiger partial charge in [-0.1, -0.05) is 31.0 Å². The van der Waals surface area contributed by atoms with Gasteiger partial charge in [0.05, 0.1) is 20.0 Å². The number of nitrogens with one attached hydrogen (secondary N) is 2. The first-order valence-electron chi connectivity index (χ1n) is 12.5. The lowest BCUT2D eigenvalue weighted by molar-refractivity contribution is -0.134. The molecule has 5 rings (SSSR count). The van der Waals surface area contributed by atoms with Crippen LogP contribution in [0.2, 0.25) is 0 Å². The number of aromatic nitrogens is 2. The lowest BCUT2D eigenvalue weighted by atomic mass is 9.93. The molecule has 9 heteroatoms. The van der Waals surface area contributed by atoms with Crippen LogP contribution in [0.15, 0.2) is 30.6 Å². The van der Waals surface area contributed by atoms with E-state index in [0.29, 0.717) is 13.0 Å². The fraction of sp³-hybridized carbons (Fsp3) is 0.538. The quantitative estimate of drug-likeness (QED) is 0.605. The van der Waals surface area contributed by atoms with Gasteiger partial charge in [-0.3, -0.25) is 14.4 Å². The molecule has 1 aliphatic heterocycles. The standard InChI is InChI=1S/C26H33N5O4/c1-26(25(34)29-18-8-4-5-9-18)15-30-16-28-21(22(30)24(33)31(26)19-11-12-19)23(32)27-14-13-17-7-3-6-10-20(17)35-2/h3,6-7,10,16,18-19H,4-5,8-9,11-15H2,1-2H3,(H,27,32)(H,29,34)/t26-/m1/s1. The highest BCUT2D eigenvalue weighted by molar-refractivity contribution is 6.07. The predicted octanol–water partition coefficient (Wildman–Crippen LogP) is 2.30. The van der Waals surface area contributed by atoms with Gasteiger partial charge in [0.1, 0.15) is 17.0 Å². The highest BCUT2D eigenvalue weighted by Crippen LogP contribution is 2.39. The molecule has 0 saturated heterocycles. The molecule has 0 radical (unpaired) electrons. The van der Waals surface area contributed by atoms with E-state index in [9.17, 15) is 14.4 Å². The van der Waals surface area contributed by atoms with Gasteiger partial charge in [-0.05, 0) is 50.7 Å². The molecule has 186 valence electrons. The predicted molar refractivity (Wildman–Crippen MR) is 129 cm³/mol. The molecule has 2 saturated carbocycles. The van der Waals surface area contributed by atoms with Crippen molar-refractivity contribution in [3.63, 3.8) is 0 Å². The molecule has 2 fully saturated rings. The molecule has 1 aromatic heterocycles. The molecule has 1 atom stereocenters. The van der Waals surface area contributed by atoms with Gasteiger partial charge in [0, 0.05) is 18.6 Å². The van der Waals surface area contributed by atoms with Crippen LogP contribution in [0, 0.1) is 0 Å². The number of hydrogen-bond donors (Lipinski definition) is 2. The SMILES string of the molecule is COc1ccccc1CCNC(=O)c1ncn2c1C(=O)N(C1CC1)[C@@](C)(C(=O)NC1CCCC1)C2. The Morgan fingerprint density at radius 2 is 1.91 bits per heavy atom. The number of carbonyl (C=O) groups excluding carboxylic acids is 3. The van der Waals surface area contributed by atoms with Crippen molar-refractivity contribution in [2.24, 2.45) is 0 Å². The van der Waals surface area contributed by atoms with Gasteiger partial charge in [0.2, 0.25) is 5.91 Å². The van der Waals surface area contributed by atoms with Crippen molar-refractivity contribution in [3.05, 3.63) is 47.5 Å². The molecule has 35 heavy (non-hydrogen) atoms. The largest absolute Gasteiger partial charge is 0.496 e. The van der Waals surface area contributed by atoms with Gasteiger partial charge in [0.15, 0.2) is 5.69 Å². The monoisotopic (exact) mass is 479 g/mol. The molecule has 2 N–H and O–H groups in total. The topological polar surface area (TPSA) is 106 Å². The van der Waals surface area contributed by atoms with E-state index in [2.05, 4.69) is 15.6 Å². The van der Waals surface area contributed by atoms with Gasteiger partial charge in [-0.2, -0.15) is 0 Å². The number of carbonyl (C=O) groups is 3. The van der Waals surface area contributed by atoms with Gasteiger partial charge in [0.25, 0.3) is 11.8 Å². The zero-order valence-corrected chi connectivity index (χ0v) is 20.4. The molecule has 0 bridgehead atoms. The lowest BCUT2D eigenvalue weighted by Crippen LogP contribution is -2.65. The number of ether oxygens (including phenoxy) is 1. The average Bonchev–Trinajstić information content (AvgIpc) is 3.36. The van der Waals surface area contributed by atoms with Crippen LogP contribution >= 0.6 is 0 Å². The van der Waals surface area contributed by atoms with E-state index in [1.165, 1.54) is 6.33 Å². The van der Waals surface area contributed by atoms with Gasteiger partial charge in [-0.15, -0.1) is 0 Å². The first kappa shape index (κ1) is 23.4. The van der Waals surface area contributed by atoms with E-state index in [1.54, 1.807) is 16.6 Å². The smallest absolute Gasteiger partial charge is 0.274 e. The Labute approximate surface area is 205 Å². The summed E-state index contributed by atoms with van der Waals surface area (Å²) < 4.78 is 7.04. The Morgan fingerprint density at radius 3 is 2.63 bits per heavy atom. The summed E-state index contributed by atoms with van der Waals surface area (Å²) in [4.78, 5) is 46.1. The van der Waals surface area contributed by atoms with Crippen molar-refractivity contribution >= 4 is 17.7 Å². The van der Waals surface area contributed by atoms with Crippen LogP contribution in [0.4, 0.5) is 0 Å². The van der Waals surface area contributed by atoms with E-state index < -0.39 is 11.4 Å². The van der Waals surface area contributed by atoms with Gasteiger partial charge < -0.3 is 24.8 Å². The van der Waals surface area contributed by atoms with Crippen molar-refractivity contribution in [2.75, 3.05) is 13.7 Å². The molecule has 2 aromatic rings. The number of hydrogen-bond acceptors (Lipinski definition) is 5. The minimum atomic E-state index is -1.01. The minimum Gasteiger partial charge on any atom is -0.496 e. The van der Waals surface area contributed by atoms with E-state index in [-0.39, 0.29) is 41.8 Å². The third-order valence-corrected chi connectivity index (χ3v) is 7.45. The van der Waals surface area contributed by atoms with Crippen molar-refractivity contribution < 1.29 is 19.1 Å². The molecule has 2 aliphatic carbocycles. The van der Waals surface area contributed by atoms with Crippen LogP contribution < -0.4 is 15.4 Å². The number of benzene rings is 1. The maximum absolute atomic E-state index is 13.7. The Balaban J connectivity index is 1.33. The fourth-order valence-electron chi connectivity index (χ4n) is 5.44. The van der Waals surface area contributed by atoms with Crippen LogP contribution in [0.3, 0.4) is 0 Å². The second kappa shape index (κ2) is 9.36. The Kier molecular flexibility index (Phi) is 6.25. The van der Waals surface area contributed by atoms with Crippen LogP contribution in [-0.4, -0.2) is 63.4 Å². The fourth-order valence-corrected chi connectivity index (χ4v) is 5.44. The summed E-state index contributed by atoms with van der Waals surface area (Å²) in [5.41, 5.74) is 0.352. The first-order valence-corrected chi connectivity index (χ1v) is 12.5. The van der Waals surface area contributed by atoms with E-state index in [4.69, 9.17) is 4.74 Å². The number of methoxy groups -OCH3 is 1. The summed E-state index contributed by atoms with van der Waals surface area (Å²) >= 11 is 0. The molecular weight excluding hydrogens is 446 g/mol. The maximum Gasteiger partial charge on any atom is 0.274 e. The zero-order valence-electron chi connectivity index (χ0n) is 20.4. The zero-order chi connectivity index (χ0) is 24.6. The molecule has 3 amide bonds. The van der Waals surface area contributed by atoms with E-state index in [1.807, 2.05) is 31.2 Å². The summed E-state index contributed by atoms with van der Waals surface area (Å²) in [5, 5.41) is 6.07. The number of para-hydroxylation sites is 1. The van der Waals surface area contributed by atoms with Crippen LogP contribution in [0.1, 0.15) is 72.0 Å². The third kappa shape index (κ3) is 4.39. The molecule has 3 aliphatic rings. The van der Waals surface area contributed by atoms with Crippen LogP contribution in [0.25, 0.3) is 0 Å². The highest BCUT2D eigenvalue weighted by atomic mass is 16.5. The van der Waals surface area contributed by atoms with Crippen LogP contribution in [-0.2, 0) is 17.8 Å². The van der Waals surface area contributed by atoms with Gasteiger partial charge in [-0.25, -0.2) is 4.98 Å². The third-order valence-electron chi connectivity index (χ3n) is 7.45. The summed E-state index contributed by atoms with van der Waals surface area (Å²) in [6.45, 7) is 2.50. The number of rotatable bonds is 8. The Hall–Kier alpha value is -3.36. The van der Waals surface area contributed by atoms with Crippen molar-refractivity contribution in [2.45, 2.75) is 76.0 Å². The summed E-state index contributed by atoms with van der Waals surface area (Å²) in [6.07, 6.45) is 8.03. The number of imidazole rings is 1. The number of nitrogens with zero attached hydrogens (tertiary/aromatic N) is 3. The summed E-state index contributed by atoms with van der Waals surface area (Å²) in [7, 11) is 1.62. The minimum absolute atomic E-state index is 0.0203. The Bertz CT molecular complexity index is 1130. The highest BCUT2D eigenvalue weighted by Gasteiger charge is 2.54. The maximum atomic E-state index is 13.7. The molecule has 9 nitrogen and oxygen atoms in total. The first-order chi connectivity index (χ1) is 16.9. The second-order valence-corrected chi connectivity index (χ2v) is 10.0. The molecular formula is C26H33N5O4. The molecule has 0 spiro atoms. The average molecular weight is 480 g/mol. The summed E-state index contributed by atoms with van der Waals surface area (Å²) in [6, 6.07) is 7.86. The van der Waals surface area contributed by atoms with E-state index in [0.717, 1.165) is 49.8 Å². The van der Waals surface area contributed by atoms with Crippen LogP contribution in [0.5, 0.6) is 5.75 Å². The Morgan fingerprint density at radius 1 is 1.17 bits per heavy atom. The van der Waals surface area contributed by atoms with Crippen molar-refractivity contribution in [1.29, 1.82) is 0 Å². The second-order valence-electron chi connectivity index (χ2n) is 10.0. The summed E-state index contributed by atoms with van der Waals surface area (Å²) in [5.74, 6) is -0.0368. The molecule has 0 unspecified atom stereocenters. The van der Waals surface area contributed by atoms with Gasteiger partial charge >= 0.3 is 0 Å². The normalized spacial score (nSPS) is 22.1. The van der Waals surface area contributed by atoms with E-state index >= 15 is 0 Å². The number of amides is 3.